The van der Waals surface area contributed by atoms with Crippen LogP contribution in [0.25, 0.3) is 16.4 Å². The van der Waals surface area contributed by atoms with E-state index in [-0.39, 0.29) is 68.4 Å². The summed E-state index contributed by atoms with van der Waals surface area (Å²) in [4.78, 5) is 76.6. The average molecular weight is 1430 g/mol. The number of rotatable bonds is 20. The summed E-state index contributed by atoms with van der Waals surface area (Å²) in [7, 11) is 12.8. The first kappa shape index (κ1) is 84.6. The van der Waals surface area contributed by atoms with E-state index in [4.69, 9.17) is 14.6 Å². The molecule has 24 heteroatoms. The number of halogens is 3. The maximum Gasteiger partial charge on any atom is 0.416 e. The second-order valence-corrected chi connectivity index (χ2v) is 23.7. The maximum absolute atomic E-state index is 13.6. The number of hydrogen-bond donors (Lipinski definition) is 6. The molecule has 89 heavy (non-hydrogen) atoms. The summed E-state index contributed by atoms with van der Waals surface area (Å²) in [6, 6.07) is 8.06. The molecule has 1 amide bonds. The molecule has 0 spiro atoms. The number of ether oxygens (including phenoxy) is 1. The van der Waals surface area contributed by atoms with Crippen LogP contribution in [0.15, 0.2) is 42.7 Å². The molecule has 0 radical (unpaired) electrons. The summed E-state index contributed by atoms with van der Waals surface area (Å²) < 4.78 is 46.3. The van der Waals surface area contributed by atoms with Gasteiger partial charge in [-0.15, -0.1) is 6.54 Å². The van der Waals surface area contributed by atoms with Gasteiger partial charge in [-0.25, -0.2) is 4.98 Å². The molecule has 508 valence electrons. The number of nitrogens with zero attached hydrogens (tertiary/aromatic N) is 7. The summed E-state index contributed by atoms with van der Waals surface area (Å²) >= 11 is 0. The minimum absolute atomic E-state index is 0. The number of carbonyl (C=O) groups excluding carboxylic acids is 5. The minimum Gasteiger partial charge on any atom is -0.533 e. The molecule has 20 nitrogen and oxygen atoms in total. The van der Waals surface area contributed by atoms with Crippen molar-refractivity contribution in [2.75, 3.05) is 99.4 Å². The molecule has 2 atom stereocenters. The standard InChI is InChI=1S/C29H42F3N7O.C11H16N2O.C10H18O2.C7H12O.C3H8NO2.C2H7N.C2H4O.CH5N.W/c1-28(2,3)37-20-6-8-21(9-7-20)39-16-13-24(26(39)40)34-25-22-17-18(29(30,31)32)5-10-23(22)35-27(36-25)33-19-11-14-38(4)15-12-19;1-13(2)11(6-4-8-14)10-5-3-7-12-9-10;11-8-4-5-9-12-10-6-2-1-3-7-10;8-6-7-4-2-1-3-5-7;1-6-4-2-3-5;1-3-2;1-2-3;1-2;/h5,10,17,19-21,24,37H,6-9,11-16H2,1-4H3,(H2,33,34,35,36);3,5,7-9,11H,4,6H2,1-2H3;8,10H,1-7,9H2;6-7H,1-5H2;5H,2-3H2,1H3;3H,1-2H3;2H,1H3;2H2,1H3;/q;;;;-1;;;;. The van der Waals surface area contributed by atoms with Gasteiger partial charge in [0.1, 0.15) is 37.0 Å². The average Bonchev–Trinajstić information content (AvgIpc) is 1.80. The van der Waals surface area contributed by atoms with Gasteiger partial charge in [0.25, 0.3) is 0 Å². The Labute approximate surface area is 545 Å². The van der Waals surface area contributed by atoms with Gasteiger partial charge in [-0.2, -0.15) is 18.2 Å². The Morgan fingerprint density at radius 3 is 1.93 bits per heavy atom. The number of carbonyl (C=O) groups is 5. The summed E-state index contributed by atoms with van der Waals surface area (Å²) in [5, 5.41) is 21.3. The predicted molar refractivity (Wildman–Crippen MR) is 347 cm³/mol. The number of fused-ring (bicyclic) bond motifs is 1. The van der Waals surface area contributed by atoms with Gasteiger partial charge in [-0.05, 0) is 196 Å². The Morgan fingerprint density at radius 2 is 1.44 bits per heavy atom. The van der Waals surface area contributed by atoms with Crippen LogP contribution in [-0.4, -0.2) is 190 Å². The Balaban J connectivity index is 0.00000128. The number of aldehydes is 4. The molecule has 8 rings (SSSR count). The topological polar surface area (TPSA) is 261 Å². The van der Waals surface area contributed by atoms with E-state index in [1.165, 1.54) is 84.1 Å². The first-order chi connectivity index (χ1) is 42.2. The van der Waals surface area contributed by atoms with Crippen LogP contribution in [0.2, 0.25) is 0 Å². The van der Waals surface area contributed by atoms with E-state index in [2.05, 4.69) is 89.9 Å². The van der Waals surface area contributed by atoms with Gasteiger partial charge < -0.3 is 81.0 Å². The van der Waals surface area contributed by atoms with Crippen LogP contribution in [-0.2, 0) is 60.8 Å². The van der Waals surface area contributed by atoms with Gasteiger partial charge in [-0.1, -0.05) is 44.6 Å². The van der Waals surface area contributed by atoms with Crippen molar-refractivity contribution in [2.24, 2.45) is 11.7 Å². The van der Waals surface area contributed by atoms with Crippen molar-refractivity contribution in [1.82, 2.24) is 40.3 Å². The number of hydrogen-bond acceptors (Lipinski definition) is 18. The van der Waals surface area contributed by atoms with Gasteiger partial charge in [0, 0.05) is 114 Å². The number of pyridine rings is 1. The van der Waals surface area contributed by atoms with E-state index in [1.807, 2.05) is 51.4 Å². The van der Waals surface area contributed by atoms with Crippen LogP contribution in [0.5, 0.6) is 0 Å². The van der Waals surface area contributed by atoms with E-state index in [9.17, 15) is 32.3 Å². The second kappa shape index (κ2) is 50.2. The quantitative estimate of drug-likeness (QED) is 0.0349. The summed E-state index contributed by atoms with van der Waals surface area (Å²) in [5.41, 5.74) is 8.71. The molecule has 4 heterocycles. The van der Waals surface area contributed by atoms with Crippen molar-refractivity contribution in [3.05, 3.63) is 59.3 Å². The summed E-state index contributed by atoms with van der Waals surface area (Å²) in [6.45, 7) is 11.7. The van der Waals surface area contributed by atoms with Crippen molar-refractivity contribution in [3.8, 4) is 0 Å². The molecule has 7 N–H and O–H groups in total. The Bertz CT molecular complexity index is 2280. The normalized spacial score (nSPS) is 19.2. The molecule has 3 aliphatic carbocycles. The smallest absolute Gasteiger partial charge is 0.416 e. The first-order valence-corrected chi connectivity index (χ1v) is 31.8. The van der Waals surface area contributed by atoms with Crippen molar-refractivity contribution in [2.45, 2.75) is 211 Å². The Kier molecular flexibility index (Phi) is 47.7. The number of likely N-dealkylation sites (tertiary alicyclic amines) is 2. The van der Waals surface area contributed by atoms with Crippen molar-refractivity contribution in [1.29, 1.82) is 0 Å². The number of aromatic nitrogens is 3. The van der Waals surface area contributed by atoms with Crippen LogP contribution < -0.4 is 27.0 Å². The van der Waals surface area contributed by atoms with E-state index in [0.717, 1.165) is 121 Å². The molecule has 0 bridgehead atoms. The van der Waals surface area contributed by atoms with Gasteiger partial charge >= 0.3 is 6.18 Å². The number of amides is 1. The Morgan fingerprint density at radius 1 is 0.831 bits per heavy atom. The fourth-order valence-corrected chi connectivity index (χ4v) is 10.9. The minimum atomic E-state index is -4.49. The third-order valence-corrected chi connectivity index (χ3v) is 15.2. The van der Waals surface area contributed by atoms with Crippen LogP contribution in [0.4, 0.5) is 24.9 Å². The molecule has 1 aromatic carbocycles. The van der Waals surface area contributed by atoms with Crippen molar-refractivity contribution in [3.63, 3.8) is 0 Å². The molecule has 5 aliphatic rings. The van der Waals surface area contributed by atoms with Crippen LogP contribution >= 0.6 is 0 Å². The van der Waals surface area contributed by atoms with E-state index >= 15 is 0 Å². The Hall–Kier alpha value is -4.42. The number of hydroxylamine groups is 1. The number of aliphatic hydroxyl groups excluding tert-OH is 1. The predicted octanol–water partition coefficient (Wildman–Crippen LogP) is 10.1. The van der Waals surface area contributed by atoms with E-state index in [0.29, 0.717) is 61.9 Å². The van der Waals surface area contributed by atoms with E-state index < -0.39 is 17.8 Å². The molecular formula is C65H112F3N12O8W-. The molecule has 5 fully saturated rings. The molecule has 3 aromatic rings. The SMILES string of the molecule is CC=O.CN.CN(C)C(CCC=O)c1cccnc1.CN1CCC(Nc2nc(NC3CCN(C4CCC(NC(C)(C)C)CC4)C3=O)c3cc(C(F)(F)F)ccc3n2)CC1.CNC.CO[N-]CCO.O=CC1CCCCC1.O=CCCCOC1CCCCC1.[W]. The molecule has 2 aliphatic heterocycles. The zero-order valence-corrected chi connectivity index (χ0v) is 58.5. The van der Waals surface area contributed by atoms with Crippen LogP contribution in [0.3, 0.4) is 0 Å². The van der Waals surface area contributed by atoms with Crippen LogP contribution in [0, 0.1) is 5.92 Å². The van der Waals surface area contributed by atoms with Crippen molar-refractivity contribution >= 4 is 53.7 Å². The number of aliphatic hydroxyl groups is 1. The van der Waals surface area contributed by atoms with Gasteiger partial charge in [0.2, 0.25) is 11.9 Å². The molecule has 2 unspecified atom stereocenters. The number of nitrogens with two attached hydrogens (primary N) is 1. The zero-order valence-electron chi connectivity index (χ0n) is 55.5. The first-order valence-electron chi connectivity index (χ1n) is 31.8. The zero-order chi connectivity index (χ0) is 65.8. The van der Waals surface area contributed by atoms with Gasteiger partial charge in [0.15, 0.2) is 0 Å². The number of unbranched alkanes of at least 4 members (excludes halogenated alkanes) is 1. The molecule has 2 saturated heterocycles. The van der Waals surface area contributed by atoms with E-state index in [1.54, 1.807) is 6.20 Å². The number of anilines is 2. The number of benzene rings is 1. The second-order valence-electron chi connectivity index (χ2n) is 23.7. The fraction of sp³-hybridized carbons (Fsp3) is 0.723. The molecule has 3 saturated carbocycles. The summed E-state index contributed by atoms with van der Waals surface area (Å²) in [5.74, 6) is 1.04. The fourth-order valence-electron chi connectivity index (χ4n) is 10.9. The van der Waals surface area contributed by atoms with Gasteiger partial charge in [-0.3, -0.25) is 9.78 Å². The maximum atomic E-state index is 13.6. The largest absolute Gasteiger partial charge is 0.533 e. The van der Waals surface area contributed by atoms with Crippen molar-refractivity contribution < 1.29 is 72.9 Å². The molecule has 2 aromatic heterocycles. The number of alkyl halides is 3. The monoisotopic (exact) mass is 1430 g/mol. The summed E-state index contributed by atoms with van der Waals surface area (Å²) in [6.07, 6.45) is 25.4. The third kappa shape index (κ3) is 36.4. The number of nitrogens with one attached hydrogen (secondary N) is 4. The number of piperidine rings is 1. The van der Waals surface area contributed by atoms with Gasteiger partial charge in [0.05, 0.1) is 17.2 Å². The third-order valence-electron chi connectivity index (χ3n) is 15.2. The van der Waals surface area contributed by atoms with Crippen LogP contribution in [0.1, 0.15) is 180 Å². The molecular weight excluding hydrogens is 1320 g/mol.